The molecule has 3 heterocycles. The predicted molar refractivity (Wildman–Crippen MR) is 69.5 cm³/mol. The van der Waals surface area contributed by atoms with Crippen molar-refractivity contribution in [1.29, 1.82) is 0 Å². The Balaban J connectivity index is 2.20. The average Bonchev–Trinajstić information content (AvgIpc) is 2.81. The molecule has 3 aromatic heterocycles. The highest BCUT2D eigenvalue weighted by Crippen LogP contribution is 2.17. The highest BCUT2D eigenvalue weighted by molar-refractivity contribution is 5.77. The molecule has 0 radical (unpaired) electrons. The summed E-state index contributed by atoms with van der Waals surface area (Å²) in [4.78, 5) is 26.3. The number of rotatable bonds is 2. The Labute approximate surface area is 102 Å². The zero-order valence-electron chi connectivity index (χ0n) is 9.69. The van der Waals surface area contributed by atoms with Crippen molar-refractivity contribution in [1.82, 2.24) is 19.9 Å². The van der Waals surface area contributed by atoms with Gasteiger partial charge in [0, 0.05) is 25.5 Å². The van der Waals surface area contributed by atoms with Crippen molar-refractivity contribution < 1.29 is 0 Å². The van der Waals surface area contributed by atoms with Crippen LogP contribution in [0.15, 0.2) is 35.4 Å². The SMILES string of the molecule is CNc1ccc2[nH]c(-c3c[nH]ccc3=O)nc2n1. The molecule has 3 N–H and O–H groups in total. The van der Waals surface area contributed by atoms with Crippen molar-refractivity contribution in [3.05, 3.63) is 40.8 Å². The normalized spacial score (nSPS) is 10.7. The lowest BCUT2D eigenvalue weighted by atomic mass is 10.2. The average molecular weight is 241 g/mol. The molecule has 0 bridgehead atoms. The number of anilines is 1. The zero-order chi connectivity index (χ0) is 12.5. The Morgan fingerprint density at radius 2 is 2.11 bits per heavy atom. The molecule has 18 heavy (non-hydrogen) atoms. The molecule has 3 aromatic rings. The summed E-state index contributed by atoms with van der Waals surface area (Å²) in [6, 6.07) is 5.19. The third-order valence-corrected chi connectivity index (χ3v) is 2.68. The maximum absolute atomic E-state index is 11.7. The molecule has 0 aliphatic heterocycles. The molecule has 3 rings (SSSR count). The molecule has 0 fully saturated rings. The fourth-order valence-corrected chi connectivity index (χ4v) is 1.76. The molecule has 0 unspecified atom stereocenters. The van der Waals surface area contributed by atoms with Gasteiger partial charge in [-0.1, -0.05) is 0 Å². The van der Waals surface area contributed by atoms with Crippen LogP contribution in [0.25, 0.3) is 22.6 Å². The standard InChI is InChI=1S/C12H11N5O/c1-13-10-3-2-8-12(16-10)17-11(15-8)7-6-14-5-4-9(7)18/h2-6H,1H3,(H,14,18)(H2,13,15,16,17). The highest BCUT2D eigenvalue weighted by atomic mass is 16.1. The summed E-state index contributed by atoms with van der Waals surface area (Å²) in [7, 11) is 1.80. The van der Waals surface area contributed by atoms with Crippen molar-refractivity contribution in [3.8, 4) is 11.4 Å². The summed E-state index contributed by atoms with van der Waals surface area (Å²) in [5.74, 6) is 1.26. The van der Waals surface area contributed by atoms with Crippen LogP contribution in [0.4, 0.5) is 5.82 Å². The van der Waals surface area contributed by atoms with Gasteiger partial charge in [-0.3, -0.25) is 4.79 Å². The van der Waals surface area contributed by atoms with Gasteiger partial charge in [0.05, 0.1) is 11.1 Å². The third kappa shape index (κ3) is 1.64. The summed E-state index contributed by atoms with van der Waals surface area (Å²) >= 11 is 0. The number of H-pyrrole nitrogens is 2. The fourth-order valence-electron chi connectivity index (χ4n) is 1.76. The third-order valence-electron chi connectivity index (χ3n) is 2.68. The van der Waals surface area contributed by atoms with E-state index in [1.807, 2.05) is 12.1 Å². The largest absolute Gasteiger partial charge is 0.373 e. The first-order valence-corrected chi connectivity index (χ1v) is 5.50. The molecule has 6 nitrogen and oxygen atoms in total. The van der Waals surface area contributed by atoms with Gasteiger partial charge in [-0.2, -0.15) is 0 Å². The molecule has 0 aliphatic carbocycles. The van der Waals surface area contributed by atoms with Crippen molar-refractivity contribution in [3.63, 3.8) is 0 Å². The number of imidazole rings is 1. The van der Waals surface area contributed by atoms with Crippen molar-refractivity contribution >= 4 is 17.0 Å². The van der Waals surface area contributed by atoms with Gasteiger partial charge in [0.2, 0.25) is 0 Å². The lowest BCUT2D eigenvalue weighted by Gasteiger charge is -1.95. The van der Waals surface area contributed by atoms with Gasteiger partial charge in [-0.25, -0.2) is 9.97 Å². The molecule has 0 saturated heterocycles. The summed E-state index contributed by atoms with van der Waals surface area (Å²) in [5.41, 5.74) is 1.80. The molecule has 0 aliphatic rings. The van der Waals surface area contributed by atoms with E-state index in [0.717, 1.165) is 11.3 Å². The molecule has 0 atom stereocenters. The van der Waals surface area contributed by atoms with Gasteiger partial charge in [0.25, 0.3) is 0 Å². The van der Waals surface area contributed by atoms with Gasteiger partial charge in [-0.15, -0.1) is 0 Å². The van der Waals surface area contributed by atoms with Crippen LogP contribution >= 0.6 is 0 Å². The van der Waals surface area contributed by atoms with E-state index >= 15 is 0 Å². The van der Waals surface area contributed by atoms with E-state index < -0.39 is 0 Å². The number of nitrogens with one attached hydrogen (secondary N) is 3. The van der Waals surface area contributed by atoms with Gasteiger partial charge in [0.1, 0.15) is 11.6 Å². The van der Waals surface area contributed by atoms with E-state index in [-0.39, 0.29) is 5.43 Å². The first-order chi connectivity index (χ1) is 8.78. The number of fused-ring (bicyclic) bond motifs is 1. The monoisotopic (exact) mass is 241 g/mol. The first-order valence-electron chi connectivity index (χ1n) is 5.50. The van der Waals surface area contributed by atoms with Crippen LogP contribution in [-0.4, -0.2) is 27.0 Å². The number of nitrogens with zero attached hydrogens (tertiary/aromatic N) is 2. The van der Waals surface area contributed by atoms with Crippen molar-refractivity contribution in [2.75, 3.05) is 12.4 Å². The quantitative estimate of drug-likeness (QED) is 0.632. The second-order valence-corrected chi connectivity index (χ2v) is 3.83. The highest BCUT2D eigenvalue weighted by Gasteiger charge is 2.09. The van der Waals surface area contributed by atoms with Crippen LogP contribution in [0.2, 0.25) is 0 Å². The van der Waals surface area contributed by atoms with Crippen LogP contribution in [-0.2, 0) is 0 Å². The topological polar surface area (TPSA) is 86.5 Å². The Bertz CT molecular complexity index is 758. The van der Waals surface area contributed by atoms with E-state index in [9.17, 15) is 4.79 Å². The smallest absolute Gasteiger partial charge is 0.192 e. The van der Waals surface area contributed by atoms with E-state index in [0.29, 0.717) is 17.0 Å². The predicted octanol–water partition coefficient (Wildman–Crippen LogP) is 1.35. The Morgan fingerprint density at radius 3 is 2.89 bits per heavy atom. The maximum atomic E-state index is 11.7. The Hall–Kier alpha value is -2.63. The minimum atomic E-state index is -0.0818. The summed E-state index contributed by atoms with van der Waals surface area (Å²) in [6.07, 6.45) is 3.21. The van der Waals surface area contributed by atoms with Crippen molar-refractivity contribution in [2.45, 2.75) is 0 Å². The molecule has 0 aromatic carbocycles. The van der Waals surface area contributed by atoms with Gasteiger partial charge in [-0.05, 0) is 12.1 Å². The van der Waals surface area contributed by atoms with E-state index in [1.165, 1.54) is 6.07 Å². The maximum Gasteiger partial charge on any atom is 0.192 e. The van der Waals surface area contributed by atoms with Crippen LogP contribution < -0.4 is 10.7 Å². The molecule has 0 saturated carbocycles. The van der Waals surface area contributed by atoms with Gasteiger partial charge >= 0.3 is 0 Å². The van der Waals surface area contributed by atoms with Crippen LogP contribution in [0, 0.1) is 0 Å². The summed E-state index contributed by atoms with van der Waals surface area (Å²) in [5, 5.41) is 2.95. The summed E-state index contributed by atoms with van der Waals surface area (Å²) in [6.45, 7) is 0. The Morgan fingerprint density at radius 1 is 1.22 bits per heavy atom. The fraction of sp³-hybridized carbons (Fsp3) is 0.0833. The Kier molecular flexibility index (Phi) is 2.33. The minimum absolute atomic E-state index is 0.0818. The number of aromatic nitrogens is 4. The number of pyridine rings is 2. The van der Waals surface area contributed by atoms with Gasteiger partial charge < -0.3 is 15.3 Å². The molecule has 6 heteroatoms. The zero-order valence-corrected chi connectivity index (χ0v) is 9.69. The number of hydrogen-bond acceptors (Lipinski definition) is 4. The van der Waals surface area contributed by atoms with E-state index in [1.54, 1.807) is 19.4 Å². The molecule has 90 valence electrons. The molecule has 0 amide bonds. The first kappa shape index (κ1) is 10.5. The molecular formula is C12H11N5O. The van der Waals surface area contributed by atoms with Gasteiger partial charge in [0.15, 0.2) is 11.1 Å². The van der Waals surface area contributed by atoms with Crippen LogP contribution in [0.5, 0.6) is 0 Å². The number of hydrogen-bond donors (Lipinski definition) is 3. The molecule has 0 spiro atoms. The minimum Gasteiger partial charge on any atom is -0.373 e. The lowest BCUT2D eigenvalue weighted by molar-refractivity contribution is 1.24. The van der Waals surface area contributed by atoms with E-state index in [4.69, 9.17) is 0 Å². The second kappa shape index (κ2) is 3.99. The van der Waals surface area contributed by atoms with Crippen LogP contribution in [0.3, 0.4) is 0 Å². The summed E-state index contributed by atoms with van der Waals surface area (Å²) < 4.78 is 0. The number of aromatic amines is 2. The molecular weight excluding hydrogens is 230 g/mol. The van der Waals surface area contributed by atoms with Crippen LogP contribution in [0.1, 0.15) is 0 Å². The second-order valence-electron chi connectivity index (χ2n) is 3.83. The lowest BCUT2D eigenvalue weighted by Crippen LogP contribution is -2.03. The van der Waals surface area contributed by atoms with Crippen molar-refractivity contribution in [2.24, 2.45) is 0 Å². The van der Waals surface area contributed by atoms with E-state index in [2.05, 4.69) is 25.3 Å².